The average Bonchev–Trinajstić information content (AvgIpc) is 3.32. The maximum absolute atomic E-state index is 12.7. The molecule has 0 unspecified atom stereocenters. The molecule has 4 aromatic rings. The lowest BCUT2D eigenvalue weighted by atomic mass is 10.2. The van der Waals surface area contributed by atoms with Gasteiger partial charge in [-0.2, -0.15) is 5.10 Å². The largest absolute Gasteiger partial charge is 0.464 e. The van der Waals surface area contributed by atoms with Crippen LogP contribution in [0.5, 0.6) is 17.2 Å². The van der Waals surface area contributed by atoms with Gasteiger partial charge in [-0.1, -0.05) is 12.1 Å². The normalized spacial score (nSPS) is 10.4. The Morgan fingerprint density at radius 3 is 2.57 bits per heavy atom. The van der Waals surface area contributed by atoms with Crippen molar-refractivity contribution in [2.24, 2.45) is 0 Å². The topological polar surface area (TPSA) is 165 Å². The zero-order valence-corrected chi connectivity index (χ0v) is 17.8. The number of carbonyl (C=O) groups excluding carboxylic acids is 1. The van der Waals surface area contributed by atoms with Gasteiger partial charge in [-0.25, -0.2) is 4.68 Å². The summed E-state index contributed by atoms with van der Waals surface area (Å²) in [6.45, 7) is -0.182. The molecule has 0 bridgehead atoms. The van der Waals surface area contributed by atoms with Crippen LogP contribution in [0.3, 0.4) is 0 Å². The molecule has 4 rings (SSSR count). The van der Waals surface area contributed by atoms with E-state index in [0.717, 1.165) is 0 Å². The highest BCUT2D eigenvalue weighted by atomic mass is 16.6. The number of benzene rings is 2. The quantitative estimate of drug-likeness (QED) is 0.275. The van der Waals surface area contributed by atoms with Gasteiger partial charge in [0.25, 0.3) is 11.6 Å². The molecule has 0 saturated carbocycles. The molecule has 176 valence electrons. The first-order valence-corrected chi connectivity index (χ1v) is 9.97. The van der Waals surface area contributed by atoms with E-state index in [-0.39, 0.29) is 41.0 Å². The van der Waals surface area contributed by atoms with E-state index in [2.05, 4.69) is 15.4 Å². The van der Waals surface area contributed by atoms with Gasteiger partial charge >= 0.3 is 5.69 Å². The highest BCUT2D eigenvalue weighted by molar-refractivity contribution is 6.03. The summed E-state index contributed by atoms with van der Waals surface area (Å²) in [5.74, 6) is -0.0902. The van der Waals surface area contributed by atoms with Gasteiger partial charge in [0.2, 0.25) is 0 Å². The molecule has 0 spiro atoms. The summed E-state index contributed by atoms with van der Waals surface area (Å²) in [5, 5.41) is 29.0. The van der Waals surface area contributed by atoms with Crippen LogP contribution in [0.15, 0.2) is 79.3 Å². The minimum Gasteiger partial charge on any atom is -0.464 e. The zero-order chi connectivity index (χ0) is 24.8. The number of rotatable bonds is 9. The first kappa shape index (κ1) is 22.8. The molecule has 2 aromatic carbocycles. The summed E-state index contributed by atoms with van der Waals surface area (Å²) in [6, 6.07) is 14.4. The van der Waals surface area contributed by atoms with E-state index in [9.17, 15) is 25.0 Å². The monoisotopic (exact) mass is 476 g/mol. The number of nitrogens with one attached hydrogen (secondary N) is 1. The third-order valence-corrected chi connectivity index (χ3v) is 4.52. The number of non-ortho nitro benzene ring substituents is 1. The van der Waals surface area contributed by atoms with Crippen LogP contribution in [-0.2, 0) is 6.73 Å². The summed E-state index contributed by atoms with van der Waals surface area (Å²) in [4.78, 5) is 37.8. The molecule has 0 aliphatic carbocycles. The number of para-hydroxylation sites is 2. The van der Waals surface area contributed by atoms with E-state index in [1.54, 1.807) is 24.4 Å². The van der Waals surface area contributed by atoms with Gasteiger partial charge in [0, 0.05) is 30.6 Å². The molecule has 13 nitrogen and oxygen atoms in total. The van der Waals surface area contributed by atoms with E-state index < -0.39 is 15.8 Å². The number of nitro benzene ring substituents is 2. The van der Waals surface area contributed by atoms with E-state index in [1.807, 2.05) is 0 Å². The van der Waals surface area contributed by atoms with Crippen LogP contribution in [0.1, 0.15) is 10.5 Å². The molecule has 1 amide bonds. The molecule has 0 saturated heterocycles. The molecule has 35 heavy (non-hydrogen) atoms. The molecule has 1 N–H and O–H groups in total. The lowest BCUT2D eigenvalue weighted by Gasteiger charge is -2.09. The Morgan fingerprint density at radius 1 is 1.00 bits per heavy atom. The van der Waals surface area contributed by atoms with Crippen molar-refractivity contribution in [1.82, 2.24) is 14.8 Å². The van der Waals surface area contributed by atoms with E-state index in [1.165, 1.54) is 59.5 Å². The van der Waals surface area contributed by atoms with E-state index in [4.69, 9.17) is 9.47 Å². The Hall–Kier alpha value is -5.33. The van der Waals surface area contributed by atoms with Crippen molar-refractivity contribution in [1.29, 1.82) is 0 Å². The Morgan fingerprint density at radius 2 is 1.83 bits per heavy atom. The minimum atomic E-state index is -0.637. The molecule has 0 aliphatic rings. The number of anilines is 1. The van der Waals surface area contributed by atoms with Crippen LogP contribution in [-0.4, -0.2) is 30.5 Å². The number of hydrogen-bond acceptors (Lipinski definition) is 9. The fourth-order valence-corrected chi connectivity index (χ4v) is 2.98. The summed E-state index contributed by atoms with van der Waals surface area (Å²) in [5.41, 5.74) is -0.371. The second-order valence-electron chi connectivity index (χ2n) is 6.96. The maximum Gasteiger partial charge on any atom is 0.311 e. The average molecular weight is 476 g/mol. The number of pyridine rings is 1. The van der Waals surface area contributed by atoms with Gasteiger partial charge in [0.15, 0.2) is 18.2 Å². The number of ether oxygens (including phenoxy) is 2. The Kier molecular flexibility index (Phi) is 6.58. The van der Waals surface area contributed by atoms with Gasteiger partial charge < -0.3 is 14.8 Å². The SMILES string of the molecule is O=C(Nc1cc(Oc2cccnc2)cc([N+](=O)[O-])c1)c1ccn(COc2ccccc2[N+](=O)[O-])n1. The number of aromatic nitrogens is 3. The second kappa shape index (κ2) is 10.1. The van der Waals surface area contributed by atoms with Crippen LogP contribution in [0.25, 0.3) is 0 Å². The number of hydrogen-bond donors (Lipinski definition) is 1. The van der Waals surface area contributed by atoms with Crippen LogP contribution in [0.2, 0.25) is 0 Å². The van der Waals surface area contributed by atoms with Gasteiger partial charge in [0.1, 0.15) is 11.5 Å². The molecule has 2 heterocycles. The first-order chi connectivity index (χ1) is 16.9. The summed E-state index contributed by atoms with van der Waals surface area (Å²) < 4.78 is 12.3. The molecular formula is C22H16N6O7. The van der Waals surface area contributed by atoms with Crippen LogP contribution < -0.4 is 14.8 Å². The Balaban J connectivity index is 1.46. The molecule has 0 fully saturated rings. The van der Waals surface area contributed by atoms with Crippen molar-refractivity contribution in [3.8, 4) is 17.2 Å². The summed E-state index contributed by atoms with van der Waals surface area (Å²) in [6.07, 6.45) is 4.45. The lowest BCUT2D eigenvalue weighted by Crippen LogP contribution is -2.14. The predicted octanol–water partition coefficient (Wildman–Crippen LogP) is 4.18. The van der Waals surface area contributed by atoms with Gasteiger partial charge in [-0.3, -0.25) is 30.0 Å². The van der Waals surface area contributed by atoms with Gasteiger partial charge in [-0.05, 0) is 24.3 Å². The zero-order valence-electron chi connectivity index (χ0n) is 17.8. The lowest BCUT2D eigenvalue weighted by molar-refractivity contribution is -0.386. The van der Waals surface area contributed by atoms with Gasteiger partial charge in [-0.15, -0.1) is 0 Å². The van der Waals surface area contributed by atoms with Crippen molar-refractivity contribution in [2.45, 2.75) is 6.73 Å². The smallest absolute Gasteiger partial charge is 0.311 e. The van der Waals surface area contributed by atoms with Crippen LogP contribution >= 0.6 is 0 Å². The van der Waals surface area contributed by atoms with Crippen LogP contribution in [0.4, 0.5) is 17.1 Å². The third kappa shape index (κ3) is 5.73. The van der Waals surface area contributed by atoms with Crippen LogP contribution in [0, 0.1) is 20.2 Å². The van der Waals surface area contributed by atoms with E-state index in [0.29, 0.717) is 5.75 Å². The Bertz CT molecular complexity index is 1390. The molecule has 0 radical (unpaired) electrons. The van der Waals surface area contributed by atoms with Crippen molar-refractivity contribution in [3.63, 3.8) is 0 Å². The third-order valence-electron chi connectivity index (χ3n) is 4.52. The summed E-state index contributed by atoms with van der Waals surface area (Å²) >= 11 is 0. The first-order valence-electron chi connectivity index (χ1n) is 9.97. The molecule has 2 aromatic heterocycles. The van der Waals surface area contributed by atoms with Crippen molar-refractivity contribution >= 4 is 23.0 Å². The van der Waals surface area contributed by atoms with E-state index >= 15 is 0 Å². The standard InChI is InChI=1S/C22H16N6O7/c29-22(19-7-9-26(25-19)14-34-21-6-2-1-5-20(21)28(32)33)24-15-10-16(27(30)31)12-18(11-15)35-17-4-3-8-23-13-17/h1-13H,14H2,(H,24,29). The second-order valence-corrected chi connectivity index (χ2v) is 6.96. The van der Waals surface area contributed by atoms with Crippen molar-refractivity contribution in [2.75, 3.05) is 5.32 Å². The predicted molar refractivity (Wildman–Crippen MR) is 121 cm³/mol. The molecular weight excluding hydrogens is 460 g/mol. The summed E-state index contributed by atoms with van der Waals surface area (Å²) in [7, 11) is 0. The molecule has 0 aliphatic heterocycles. The highest BCUT2D eigenvalue weighted by Crippen LogP contribution is 2.30. The minimum absolute atomic E-state index is 0.00241. The fourth-order valence-electron chi connectivity index (χ4n) is 2.98. The number of nitrogens with zero attached hydrogens (tertiary/aromatic N) is 5. The number of nitro groups is 2. The molecule has 13 heteroatoms. The van der Waals surface area contributed by atoms with Gasteiger partial charge in [0.05, 0.1) is 27.8 Å². The molecule has 0 atom stereocenters. The van der Waals surface area contributed by atoms with Crippen molar-refractivity contribution in [3.05, 3.63) is 105 Å². The number of amides is 1. The Labute approximate surface area is 196 Å². The maximum atomic E-state index is 12.7. The highest BCUT2D eigenvalue weighted by Gasteiger charge is 2.17. The number of carbonyl (C=O) groups is 1. The van der Waals surface area contributed by atoms with Crippen molar-refractivity contribution < 1.29 is 24.1 Å². The fraction of sp³-hybridized carbons (Fsp3) is 0.0455.